The van der Waals surface area contributed by atoms with E-state index in [2.05, 4.69) is 5.32 Å². The number of nitrogens with one attached hydrogen (secondary N) is 1. The van der Waals surface area contributed by atoms with Crippen LogP contribution in [0.5, 0.6) is 17.2 Å². The van der Waals surface area contributed by atoms with Gasteiger partial charge in [-0.1, -0.05) is 42.2 Å². The van der Waals surface area contributed by atoms with E-state index < -0.39 is 5.97 Å². The fourth-order valence-electron chi connectivity index (χ4n) is 2.45. The van der Waals surface area contributed by atoms with Crippen molar-refractivity contribution in [1.29, 1.82) is 0 Å². The third-order valence-electron chi connectivity index (χ3n) is 3.87. The van der Waals surface area contributed by atoms with Crippen molar-refractivity contribution in [3.8, 4) is 17.2 Å². The van der Waals surface area contributed by atoms with Crippen LogP contribution in [-0.2, 0) is 9.59 Å². The van der Waals surface area contributed by atoms with E-state index in [0.29, 0.717) is 15.0 Å². The number of carbonyl (C=O) groups is 2. The average Bonchev–Trinajstić information content (AvgIpc) is 3.04. The molecular formula is C21H17NO5S2. The molecule has 1 heterocycles. The summed E-state index contributed by atoms with van der Waals surface area (Å²) in [6.45, 7) is 0. The molecule has 1 aliphatic rings. The standard InChI is InChI=1S/C21H17NO5S2/c1-25-15-7-3-13(4-8-15)6-10-19(23)27-16-9-5-14(11-17(16)26-2)12-18-20(24)22-21(28)29-18/h3-12H,1-2H3,(H,22,24,28)/b10-6+,18-12+. The van der Waals surface area contributed by atoms with E-state index in [4.69, 9.17) is 26.4 Å². The summed E-state index contributed by atoms with van der Waals surface area (Å²) in [7, 11) is 3.07. The van der Waals surface area contributed by atoms with Gasteiger partial charge in [-0.3, -0.25) is 4.79 Å². The third-order valence-corrected chi connectivity index (χ3v) is 5.03. The summed E-state index contributed by atoms with van der Waals surface area (Å²) in [6.07, 6.45) is 4.67. The molecule has 1 saturated heterocycles. The normalized spacial score (nSPS) is 14.9. The SMILES string of the molecule is COc1ccc(/C=C/C(=O)Oc2ccc(/C=C3/SC(=S)NC3=O)cc2OC)cc1. The van der Waals surface area contributed by atoms with Gasteiger partial charge in [-0.05, 0) is 47.5 Å². The molecule has 1 aliphatic heterocycles. The molecule has 2 aromatic carbocycles. The first-order valence-electron chi connectivity index (χ1n) is 8.45. The van der Waals surface area contributed by atoms with Gasteiger partial charge in [0.1, 0.15) is 10.1 Å². The Labute approximate surface area is 177 Å². The molecule has 0 radical (unpaired) electrons. The fourth-order valence-corrected chi connectivity index (χ4v) is 3.50. The summed E-state index contributed by atoms with van der Waals surface area (Å²) < 4.78 is 16.2. The Morgan fingerprint density at radius 2 is 1.76 bits per heavy atom. The molecule has 29 heavy (non-hydrogen) atoms. The van der Waals surface area contributed by atoms with E-state index in [1.807, 2.05) is 12.1 Å². The van der Waals surface area contributed by atoms with Crippen LogP contribution in [0.3, 0.4) is 0 Å². The van der Waals surface area contributed by atoms with Gasteiger partial charge in [0.2, 0.25) is 0 Å². The number of methoxy groups -OCH3 is 2. The minimum atomic E-state index is -0.540. The molecule has 1 fully saturated rings. The van der Waals surface area contributed by atoms with Gasteiger partial charge >= 0.3 is 5.97 Å². The molecule has 1 N–H and O–H groups in total. The molecule has 0 unspecified atom stereocenters. The molecule has 0 spiro atoms. The molecule has 6 nitrogen and oxygen atoms in total. The molecule has 0 saturated carbocycles. The van der Waals surface area contributed by atoms with Gasteiger partial charge in [-0.2, -0.15) is 0 Å². The number of thiocarbonyl (C=S) groups is 1. The number of hydrogen-bond donors (Lipinski definition) is 1. The Bertz CT molecular complexity index is 1010. The number of hydrogen-bond acceptors (Lipinski definition) is 7. The third kappa shape index (κ3) is 5.46. The Hall–Kier alpha value is -3.10. The highest BCUT2D eigenvalue weighted by atomic mass is 32.2. The minimum absolute atomic E-state index is 0.238. The summed E-state index contributed by atoms with van der Waals surface area (Å²) in [5.41, 5.74) is 1.56. The molecule has 148 valence electrons. The summed E-state index contributed by atoms with van der Waals surface area (Å²) in [4.78, 5) is 24.4. The number of amides is 1. The number of carbonyl (C=O) groups excluding carboxylic acids is 2. The minimum Gasteiger partial charge on any atom is -0.497 e. The van der Waals surface area contributed by atoms with Gasteiger partial charge < -0.3 is 19.5 Å². The van der Waals surface area contributed by atoms with E-state index in [1.165, 1.54) is 24.9 Å². The summed E-state index contributed by atoms with van der Waals surface area (Å²) in [5.74, 6) is 0.605. The molecule has 2 aromatic rings. The number of ether oxygens (including phenoxy) is 3. The first-order chi connectivity index (χ1) is 14.0. The first-order valence-corrected chi connectivity index (χ1v) is 9.68. The van der Waals surface area contributed by atoms with Gasteiger partial charge in [0.25, 0.3) is 5.91 Å². The molecule has 1 amide bonds. The second-order valence-corrected chi connectivity index (χ2v) is 7.51. The lowest BCUT2D eigenvalue weighted by molar-refractivity contribution is -0.129. The van der Waals surface area contributed by atoms with Gasteiger partial charge in [0.15, 0.2) is 11.5 Å². The fraction of sp³-hybridized carbons (Fsp3) is 0.0952. The first kappa shape index (κ1) is 20.6. The lowest BCUT2D eigenvalue weighted by Crippen LogP contribution is -2.17. The second kappa shape index (κ2) is 9.40. The number of esters is 1. The predicted molar refractivity (Wildman–Crippen MR) is 117 cm³/mol. The van der Waals surface area contributed by atoms with Crippen molar-refractivity contribution in [2.75, 3.05) is 14.2 Å². The van der Waals surface area contributed by atoms with Crippen molar-refractivity contribution >= 4 is 52.3 Å². The monoisotopic (exact) mass is 427 g/mol. The van der Waals surface area contributed by atoms with Crippen LogP contribution in [0.2, 0.25) is 0 Å². The Kier molecular flexibility index (Phi) is 6.69. The molecule has 3 rings (SSSR count). The van der Waals surface area contributed by atoms with Crippen molar-refractivity contribution in [2.24, 2.45) is 0 Å². The molecular weight excluding hydrogens is 410 g/mol. The van der Waals surface area contributed by atoms with Crippen molar-refractivity contribution < 1.29 is 23.8 Å². The van der Waals surface area contributed by atoms with Crippen LogP contribution in [0.4, 0.5) is 0 Å². The maximum Gasteiger partial charge on any atom is 0.336 e. The van der Waals surface area contributed by atoms with Gasteiger partial charge in [-0.15, -0.1) is 0 Å². The smallest absolute Gasteiger partial charge is 0.336 e. The molecule has 0 aromatic heterocycles. The molecule has 0 bridgehead atoms. The lowest BCUT2D eigenvalue weighted by Gasteiger charge is -2.09. The van der Waals surface area contributed by atoms with Crippen LogP contribution in [0.1, 0.15) is 11.1 Å². The quantitative estimate of drug-likeness (QED) is 0.325. The largest absolute Gasteiger partial charge is 0.497 e. The summed E-state index contributed by atoms with van der Waals surface area (Å²) in [6, 6.07) is 12.3. The Morgan fingerprint density at radius 3 is 2.38 bits per heavy atom. The molecule has 8 heteroatoms. The van der Waals surface area contributed by atoms with E-state index in [9.17, 15) is 9.59 Å². The molecule has 0 aliphatic carbocycles. The molecule has 0 atom stereocenters. The highest BCUT2D eigenvalue weighted by molar-refractivity contribution is 8.26. The van der Waals surface area contributed by atoms with Crippen molar-refractivity contribution in [1.82, 2.24) is 5.32 Å². The predicted octanol–water partition coefficient (Wildman–Crippen LogP) is 3.81. The van der Waals surface area contributed by atoms with Crippen LogP contribution in [0.15, 0.2) is 53.4 Å². The highest BCUT2D eigenvalue weighted by Gasteiger charge is 2.22. The van der Waals surface area contributed by atoms with Crippen LogP contribution >= 0.6 is 24.0 Å². The number of rotatable bonds is 6. The van der Waals surface area contributed by atoms with Crippen molar-refractivity contribution in [2.45, 2.75) is 0 Å². The van der Waals surface area contributed by atoms with Gasteiger partial charge in [0, 0.05) is 6.08 Å². The Morgan fingerprint density at radius 1 is 1.03 bits per heavy atom. The van der Waals surface area contributed by atoms with Crippen molar-refractivity contribution in [3.63, 3.8) is 0 Å². The maximum absolute atomic E-state index is 12.1. The number of benzene rings is 2. The average molecular weight is 428 g/mol. The van der Waals surface area contributed by atoms with Crippen molar-refractivity contribution in [3.05, 3.63) is 64.6 Å². The maximum atomic E-state index is 12.1. The van der Waals surface area contributed by atoms with Crippen LogP contribution in [0.25, 0.3) is 12.2 Å². The van der Waals surface area contributed by atoms with E-state index in [0.717, 1.165) is 16.9 Å². The summed E-state index contributed by atoms with van der Waals surface area (Å²) >= 11 is 6.17. The van der Waals surface area contributed by atoms with Gasteiger partial charge in [0.05, 0.1) is 19.1 Å². The van der Waals surface area contributed by atoms with Crippen LogP contribution in [0, 0.1) is 0 Å². The van der Waals surface area contributed by atoms with E-state index in [1.54, 1.807) is 49.6 Å². The van der Waals surface area contributed by atoms with Gasteiger partial charge in [-0.25, -0.2) is 4.79 Å². The topological polar surface area (TPSA) is 73.9 Å². The van der Waals surface area contributed by atoms with Crippen LogP contribution < -0.4 is 19.5 Å². The summed E-state index contributed by atoms with van der Waals surface area (Å²) in [5, 5.41) is 2.56. The number of thioether (sulfide) groups is 1. The zero-order valence-corrected chi connectivity index (χ0v) is 17.3. The van der Waals surface area contributed by atoms with E-state index >= 15 is 0 Å². The highest BCUT2D eigenvalue weighted by Crippen LogP contribution is 2.31. The zero-order valence-electron chi connectivity index (χ0n) is 15.6. The zero-order chi connectivity index (χ0) is 20.8. The second-order valence-electron chi connectivity index (χ2n) is 5.79. The lowest BCUT2D eigenvalue weighted by atomic mass is 10.2. The van der Waals surface area contributed by atoms with Crippen LogP contribution in [-0.4, -0.2) is 30.4 Å². The Balaban J connectivity index is 1.70. The van der Waals surface area contributed by atoms with E-state index in [-0.39, 0.29) is 11.7 Å².